The van der Waals surface area contributed by atoms with E-state index in [4.69, 9.17) is 44.3 Å². The minimum atomic E-state index is -4.58. The predicted molar refractivity (Wildman–Crippen MR) is 127 cm³/mol. The molecule has 1 atom stereocenters. The zero-order valence-corrected chi connectivity index (χ0v) is 20.6. The van der Waals surface area contributed by atoms with E-state index in [2.05, 4.69) is 0 Å². The first-order valence-corrected chi connectivity index (χ1v) is 11.3. The minimum absolute atomic E-state index is 0.0130. The Balaban J connectivity index is 2.09. The fraction of sp³-hybridized carbons (Fsp3) is 0.200. The van der Waals surface area contributed by atoms with E-state index in [0.717, 1.165) is 18.2 Å². The molecule has 0 spiro atoms. The zero-order chi connectivity index (χ0) is 26.0. The van der Waals surface area contributed by atoms with E-state index in [1.165, 1.54) is 30.3 Å². The Morgan fingerprint density at radius 3 is 2.09 bits per heavy atom. The quantitative estimate of drug-likeness (QED) is 0.300. The zero-order valence-electron chi connectivity index (χ0n) is 18.3. The average molecular weight is 543 g/mol. The molecule has 0 aromatic heterocycles. The number of hydrogen-bond acceptors (Lipinski definition) is 4. The fourth-order valence-corrected chi connectivity index (χ4v) is 3.73. The van der Waals surface area contributed by atoms with Crippen molar-refractivity contribution in [3.63, 3.8) is 0 Å². The van der Waals surface area contributed by atoms with Crippen molar-refractivity contribution in [2.45, 2.75) is 32.0 Å². The van der Waals surface area contributed by atoms with Crippen LogP contribution < -0.4 is 9.47 Å². The Hall–Kier alpha value is -2.92. The summed E-state index contributed by atoms with van der Waals surface area (Å²) in [5.41, 5.74) is -2.16. The first-order chi connectivity index (χ1) is 16.4. The molecule has 0 aliphatic heterocycles. The van der Waals surface area contributed by atoms with Gasteiger partial charge in [-0.15, -0.1) is 0 Å². The van der Waals surface area contributed by atoms with Crippen LogP contribution in [0.15, 0.2) is 54.6 Å². The molecular formula is C25H17Cl3F3NO3. The van der Waals surface area contributed by atoms with Gasteiger partial charge in [-0.05, 0) is 55.0 Å². The van der Waals surface area contributed by atoms with Crippen LogP contribution >= 0.6 is 34.8 Å². The van der Waals surface area contributed by atoms with Gasteiger partial charge in [0, 0.05) is 12.0 Å². The van der Waals surface area contributed by atoms with Crippen molar-refractivity contribution in [1.82, 2.24) is 0 Å². The highest BCUT2D eigenvalue weighted by molar-refractivity contribution is 6.42. The number of ketones is 1. The molecule has 0 N–H and O–H groups in total. The molecule has 4 nitrogen and oxygen atoms in total. The maximum atomic E-state index is 13.0. The number of Topliss-reactive ketones (excluding diaryl/α,β-unsaturated/α-hetero) is 1. The summed E-state index contributed by atoms with van der Waals surface area (Å²) >= 11 is 18.2. The first-order valence-electron chi connectivity index (χ1n) is 10.2. The fourth-order valence-electron chi connectivity index (χ4n) is 3.21. The molecule has 0 radical (unpaired) electrons. The molecular weight excluding hydrogens is 526 g/mol. The van der Waals surface area contributed by atoms with Crippen molar-refractivity contribution in [3.8, 4) is 23.3 Å². The van der Waals surface area contributed by atoms with Crippen molar-refractivity contribution in [2.75, 3.05) is 0 Å². The molecule has 0 amide bonds. The molecule has 0 aliphatic rings. The Kier molecular flexibility index (Phi) is 7.90. The van der Waals surface area contributed by atoms with Gasteiger partial charge in [0.25, 0.3) is 5.60 Å². The van der Waals surface area contributed by atoms with Crippen LogP contribution in [-0.4, -0.2) is 5.78 Å². The first kappa shape index (κ1) is 26.7. The predicted octanol–water partition coefficient (Wildman–Crippen LogP) is 8.54. The molecule has 182 valence electrons. The Bertz CT molecular complexity index is 1320. The van der Waals surface area contributed by atoms with Crippen LogP contribution in [0.2, 0.25) is 15.1 Å². The van der Waals surface area contributed by atoms with E-state index in [1.54, 1.807) is 19.9 Å². The summed E-state index contributed by atoms with van der Waals surface area (Å²) in [6, 6.07) is 13.5. The highest BCUT2D eigenvalue weighted by atomic mass is 35.5. The third-order valence-corrected chi connectivity index (χ3v) is 6.07. The second kappa shape index (κ2) is 10.4. The molecule has 0 heterocycles. The number of halogens is 6. The van der Waals surface area contributed by atoms with Crippen molar-refractivity contribution in [1.29, 1.82) is 5.26 Å². The van der Waals surface area contributed by atoms with Gasteiger partial charge in [0.05, 0.1) is 20.6 Å². The third kappa shape index (κ3) is 5.67. The third-order valence-electron chi connectivity index (χ3n) is 5.04. The Labute approximate surface area is 214 Å². The van der Waals surface area contributed by atoms with E-state index in [0.29, 0.717) is 5.56 Å². The maximum Gasteiger partial charge on any atom is 0.416 e. The van der Waals surface area contributed by atoms with E-state index in [-0.39, 0.29) is 44.3 Å². The second-order valence-corrected chi connectivity index (χ2v) is 8.72. The molecule has 1 unspecified atom stereocenters. The molecule has 10 heteroatoms. The van der Waals surface area contributed by atoms with E-state index >= 15 is 0 Å². The molecule has 3 aromatic rings. The summed E-state index contributed by atoms with van der Waals surface area (Å²) in [4.78, 5) is 13.0. The van der Waals surface area contributed by atoms with Crippen LogP contribution in [0.3, 0.4) is 0 Å². The molecule has 0 bridgehead atoms. The summed E-state index contributed by atoms with van der Waals surface area (Å²) in [5, 5.41) is 10.2. The maximum absolute atomic E-state index is 13.0. The van der Waals surface area contributed by atoms with Crippen LogP contribution in [0.4, 0.5) is 13.2 Å². The van der Waals surface area contributed by atoms with Gasteiger partial charge in [0.1, 0.15) is 11.8 Å². The number of carbonyl (C=O) groups is 1. The average Bonchev–Trinajstić information content (AvgIpc) is 2.80. The van der Waals surface area contributed by atoms with Crippen LogP contribution in [0.25, 0.3) is 0 Å². The summed E-state index contributed by atoms with van der Waals surface area (Å²) in [7, 11) is 0. The number of ether oxygens (including phenoxy) is 2. The van der Waals surface area contributed by atoms with Crippen LogP contribution in [0.5, 0.6) is 17.2 Å². The standard InChI is InChI=1S/C25H17Cl3F3NO3/c1-3-23(33)24(13-32,15-5-7-17(26)18(27)11-15)35-21-8-4-14(2)10-22(21)34-20-9-6-16(12-19(20)28)25(29,30)31/h4-12H,3H2,1-2H3. The van der Waals surface area contributed by atoms with Gasteiger partial charge in [-0.1, -0.05) is 53.9 Å². The van der Waals surface area contributed by atoms with Crippen molar-refractivity contribution in [2.24, 2.45) is 0 Å². The molecule has 0 saturated carbocycles. The lowest BCUT2D eigenvalue weighted by Crippen LogP contribution is -2.40. The van der Waals surface area contributed by atoms with Gasteiger partial charge in [-0.3, -0.25) is 4.79 Å². The normalized spacial score (nSPS) is 13.0. The van der Waals surface area contributed by atoms with Crippen LogP contribution in [0, 0.1) is 18.3 Å². The monoisotopic (exact) mass is 541 g/mol. The topological polar surface area (TPSA) is 59.3 Å². The number of rotatable bonds is 7. The number of nitrogens with zero attached hydrogens (tertiary/aromatic N) is 1. The number of alkyl halides is 3. The lowest BCUT2D eigenvalue weighted by molar-refractivity contribution is -0.137. The summed E-state index contributed by atoms with van der Waals surface area (Å²) in [5.74, 6) is -0.609. The molecule has 0 fully saturated rings. The SMILES string of the molecule is CCC(=O)C(C#N)(Oc1ccc(C)cc1Oc1ccc(C(F)(F)F)cc1Cl)c1ccc(Cl)c(Cl)c1. The second-order valence-electron chi connectivity index (χ2n) is 7.50. The van der Waals surface area contributed by atoms with E-state index in [1.807, 2.05) is 6.07 Å². The highest BCUT2D eigenvalue weighted by Gasteiger charge is 2.43. The number of carbonyl (C=O) groups excluding carboxylic acids is 1. The van der Waals surface area contributed by atoms with Crippen molar-refractivity contribution >= 4 is 40.6 Å². The van der Waals surface area contributed by atoms with Gasteiger partial charge in [-0.25, -0.2) is 0 Å². The number of aryl methyl sites for hydroxylation is 1. The lowest BCUT2D eigenvalue weighted by atomic mass is 9.89. The number of nitriles is 1. The minimum Gasteiger partial charge on any atom is -0.457 e. The molecule has 0 saturated heterocycles. The Morgan fingerprint density at radius 2 is 1.51 bits per heavy atom. The molecule has 3 rings (SSSR count). The molecule has 35 heavy (non-hydrogen) atoms. The number of benzene rings is 3. The Morgan fingerprint density at radius 1 is 0.886 bits per heavy atom. The van der Waals surface area contributed by atoms with Crippen LogP contribution in [0.1, 0.15) is 30.0 Å². The van der Waals surface area contributed by atoms with Crippen LogP contribution in [-0.2, 0) is 16.6 Å². The van der Waals surface area contributed by atoms with Crippen molar-refractivity contribution < 1.29 is 27.4 Å². The van der Waals surface area contributed by atoms with Gasteiger partial charge in [0.15, 0.2) is 17.3 Å². The number of hydrogen-bond donors (Lipinski definition) is 0. The van der Waals surface area contributed by atoms with Gasteiger partial charge in [0.2, 0.25) is 0 Å². The van der Waals surface area contributed by atoms with Gasteiger partial charge in [-0.2, -0.15) is 18.4 Å². The van der Waals surface area contributed by atoms with E-state index in [9.17, 15) is 23.2 Å². The van der Waals surface area contributed by atoms with Crippen molar-refractivity contribution in [3.05, 3.63) is 86.4 Å². The summed E-state index contributed by atoms with van der Waals surface area (Å²) in [6.07, 6.45) is -4.62. The molecule has 0 aliphatic carbocycles. The van der Waals surface area contributed by atoms with Gasteiger partial charge < -0.3 is 9.47 Å². The summed E-state index contributed by atoms with van der Waals surface area (Å²) in [6.45, 7) is 3.32. The van der Waals surface area contributed by atoms with E-state index < -0.39 is 23.1 Å². The summed E-state index contributed by atoms with van der Waals surface area (Å²) < 4.78 is 50.8. The smallest absolute Gasteiger partial charge is 0.416 e. The highest BCUT2D eigenvalue weighted by Crippen LogP contribution is 2.42. The lowest BCUT2D eigenvalue weighted by Gasteiger charge is -2.28. The molecule has 3 aromatic carbocycles. The van der Waals surface area contributed by atoms with Gasteiger partial charge >= 0.3 is 6.18 Å². The largest absolute Gasteiger partial charge is 0.457 e.